The minimum Gasteiger partial charge on any atom is -0.353 e. The Hall–Kier alpha value is -4.22. The molecule has 0 saturated carbocycles. The van der Waals surface area contributed by atoms with Gasteiger partial charge in [-0.3, -0.25) is 14.5 Å². The Morgan fingerprint density at radius 1 is 1.17 bits per heavy atom. The van der Waals surface area contributed by atoms with E-state index >= 15 is 4.39 Å². The van der Waals surface area contributed by atoms with Crippen molar-refractivity contribution >= 4 is 62.9 Å². The van der Waals surface area contributed by atoms with Gasteiger partial charge in [0, 0.05) is 59.5 Å². The van der Waals surface area contributed by atoms with E-state index in [0.717, 1.165) is 40.7 Å². The zero-order chi connectivity index (χ0) is 33.1. The molecule has 0 aliphatic carbocycles. The van der Waals surface area contributed by atoms with Gasteiger partial charge in [-0.05, 0) is 75.5 Å². The quantitative estimate of drug-likeness (QED) is 0.236. The summed E-state index contributed by atoms with van der Waals surface area (Å²) in [6, 6.07) is 5.78. The predicted molar refractivity (Wildman–Crippen MR) is 184 cm³/mol. The average molecular weight is 672 g/mol. The van der Waals surface area contributed by atoms with Crippen molar-refractivity contribution in [2.75, 3.05) is 38.6 Å². The number of amides is 1. The fourth-order valence-corrected chi connectivity index (χ4v) is 7.73. The van der Waals surface area contributed by atoms with E-state index in [1.165, 1.54) is 0 Å². The summed E-state index contributed by atoms with van der Waals surface area (Å²) >= 11 is 13.7. The molecule has 0 unspecified atom stereocenters. The summed E-state index contributed by atoms with van der Waals surface area (Å²) in [7, 11) is 4.10. The van der Waals surface area contributed by atoms with Crippen molar-refractivity contribution in [1.82, 2.24) is 24.6 Å². The summed E-state index contributed by atoms with van der Waals surface area (Å²) in [6.07, 6.45) is 4.84. The predicted octanol–water partition coefficient (Wildman–Crippen LogP) is 6.16. The summed E-state index contributed by atoms with van der Waals surface area (Å²) in [6.45, 7) is 5.88. The topological polar surface area (TPSA) is 93.7 Å². The van der Waals surface area contributed by atoms with E-state index in [9.17, 15) is 10.1 Å². The van der Waals surface area contributed by atoms with E-state index in [0.29, 0.717) is 53.8 Å². The first-order valence-electron chi connectivity index (χ1n) is 15.7. The van der Waals surface area contributed by atoms with Crippen molar-refractivity contribution in [3.05, 3.63) is 50.9 Å². The SMILES string of the molecule is CC#CC(=O)N1CC[C@H](n2ncc3c(N4CC(N(C)C)C4)nc4c(F)c(-c5c(C)c(Cl)cc6c5C=NC6)c(Cl)cc4c32)C[C@H]1CC#N. The van der Waals surface area contributed by atoms with Crippen LogP contribution in [0.25, 0.3) is 32.9 Å². The molecule has 1 amide bonds. The zero-order valence-corrected chi connectivity index (χ0v) is 28.1. The second kappa shape index (κ2) is 12.1. The van der Waals surface area contributed by atoms with Gasteiger partial charge in [-0.25, -0.2) is 9.37 Å². The molecule has 7 rings (SSSR count). The smallest absolute Gasteiger partial charge is 0.298 e. The van der Waals surface area contributed by atoms with Gasteiger partial charge in [0.25, 0.3) is 5.91 Å². The van der Waals surface area contributed by atoms with E-state index in [4.69, 9.17) is 33.3 Å². The molecule has 4 aromatic rings. The number of pyridine rings is 1. The third kappa shape index (κ3) is 5.11. The number of nitrogens with zero attached hydrogens (tertiary/aromatic N) is 8. The first kappa shape index (κ1) is 31.4. The lowest BCUT2D eigenvalue weighted by molar-refractivity contribution is -0.129. The van der Waals surface area contributed by atoms with Crippen LogP contribution >= 0.6 is 23.2 Å². The van der Waals surface area contributed by atoms with Crippen LogP contribution in [0.1, 0.15) is 48.9 Å². The normalized spacial score (nSPS) is 19.2. The second-order valence-corrected chi connectivity index (χ2v) is 13.5. The Morgan fingerprint density at radius 3 is 2.68 bits per heavy atom. The van der Waals surface area contributed by atoms with Crippen LogP contribution in [0.4, 0.5) is 10.2 Å². The lowest BCUT2D eigenvalue weighted by Gasteiger charge is -2.43. The number of halogens is 3. The highest BCUT2D eigenvalue weighted by atomic mass is 35.5. The van der Waals surface area contributed by atoms with Crippen LogP contribution in [-0.4, -0.2) is 82.5 Å². The highest BCUT2D eigenvalue weighted by Crippen LogP contribution is 2.45. The van der Waals surface area contributed by atoms with Crippen molar-refractivity contribution in [1.29, 1.82) is 5.26 Å². The molecule has 12 heteroatoms. The molecule has 2 aromatic heterocycles. The summed E-state index contributed by atoms with van der Waals surface area (Å²) in [4.78, 5) is 28.2. The third-order valence-corrected chi connectivity index (χ3v) is 10.5. The van der Waals surface area contributed by atoms with Gasteiger partial charge in [-0.1, -0.05) is 29.1 Å². The fourth-order valence-electron chi connectivity index (χ4n) is 7.21. The summed E-state index contributed by atoms with van der Waals surface area (Å²) in [5.41, 5.74) is 4.26. The first-order chi connectivity index (χ1) is 22.6. The third-order valence-electron chi connectivity index (χ3n) is 9.83. The maximum atomic E-state index is 17.2. The molecule has 0 N–H and O–H groups in total. The Balaban J connectivity index is 1.43. The molecule has 0 bridgehead atoms. The Morgan fingerprint density at radius 2 is 1.96 bits per heavy atom. The standard InChI is InChI=1S/C35H33Cl2FN8O/c1-5-6-29(47)45-10-8-22(12-21(45)7-9-39)46-34-24-13-28(37)31(30-19(2)27(36)11-20-14-40-15-25(20)30)32(38)33(24)42-35(26(34)16-41-46)44-17-23(18-44)43(3)4/h11,13,15-16,21-23H,7-8,10,12,14,17-18H2,1-4H3/t21-,22+/m1/s1. The lowest BCUT2D eigenvalue weighted by atomic mass is 9.91. The van der Waals surface area contributed by atoms with Crippen LogP contribution in [-0.2, 0) is 11.3 Å². The summed E-state index contributed by atoms with van der Waals surface area (Å²) < 4.78 is 19.1. The van der Waals surface area contributed by atoms with Gasteiger partial charge in [0.15, 0.2) is 5.82 Å². The van der Waals surface area contributed by atoms with E-state index in [-0.39, 0.29) is 40.5 Å². The summed E-state index contributed by atoms with van der Waals surface area (Å²) in [5.74, 6) is 5.15. The van der Waals surface area contributed by atoms with Crippen LogP contribution in [0, 0.1) is 35.9 Å². The molecule has 0 spiro atoms. The number of anilines is 1. The highest BCUT2D eigenvalue weighted by molar-refractivity contribution is 6.36. The van der Waals surface area contributed by atoms with Crippen LogP contribution in [0.2, 0.25) is 10.0 Å². The van der Waals surface area contributed by atoms with Gasteiger partial charge in [0.2, 0.25) is 0 Å². The molecule has 2 fully saturated rings. The molecule has 2 aromatic carbocycles. The first-order valence-corrected chi connectivity index (χ1v) is 16.4. The van der Waals surface area contributed by atoms with Gasteiger partial charge < -0.3 is 14.7 Å². The molecular weight excluding hydrogens is 638 g/mol. The molecule has 3 aliphatic heterocycles. The average Bonchev–Trinajstić information content (AvgIpc) is 3.66. The van der Waals surface area contributed by atoms with Gasteiger partial charge in [0.1, 0.15) is 11.3 Å². The van der Waals surface area contributed by atoms with Gasteiger partial charge >= 0.3 is 0 Å². The number of nitriles is 1. The van der Waals surface area contributed by atoms with Gasteiger partial charge in [-0.2, -0.15) is 10.4 Å². The lowest BCUT2D eigenvalue weighted by Crippen LogP contribution is -2.57. The molecule has 2 atom stereocenters. The van der Waals surface area contributed by atoms with Crippen LogP contribution < -0.4 is 4.90 Å². The minimum atomic E-state index is -0.526. The molecule has 5 heterocycles. The fraction of sp³-hybridized carbons (Fsp3) is 0.400. The highest BCUT2D eigenvalue weighted by Gasteiger charge is 2.36. The number of fused-ring (bicyclic) bond motifs is 4. The Kier molecular flexibility index (Phi) is 8.08. The molecule has 9 nitrogen and oxygen atoms in total. The number of hydrogen-bond acceptors (Lipinski definition) is 7. The maximum absolute atomic E-state index is 17.2. The Labute approximate surface area is 282 Å². The number of carbonyl (C=O) groups is 1. The monoisotopic (exact) mass is 670 g/mol. The van der Waals surface area contributed by atoms with Gasteiger partial charge in [0.05, 0.1) is 47.2 Å². The van der Waals surface area contributed by atoms with E-state index in [1.54, 1.807) is 30.3 Å². The second-order valence-electron chi connectivity index (χ2n) is 12.7. The minimum absolute atomic E-state index is 0.148. The van der Waals surface area contributed by atoms with Crippen molar-refractivity contribution < 1.29 is 9.18 Å². The molecule has 240 valence electrons. The summed E-state index contributed by atoms with van der Waals surface area (Å²) in [5, 5.41) is 16.6. The van der Waals surface area contributed by atoms with Crippen molar-refractivity contribution in [2.45, 2.75) is 57.8 Å². The van der Waals surface area contributed by atoms with Crippen molar-refractivity contribution in [3.63, 3.8) is 0 Å². The zero-order valence-electron chi connectivity index (χ0n) is 26.6. The number of aliphatic imine (C=N–C) groups is 1. The maximum Gasteiger partial charge on any atom is 0.298 e. The molecule has 47 heavy (non-hydrogen) atoms. The number of benzene rings is 2. The van der Waals surface area contributed by atoms with Crippen LogP contribution in [0.15, 0.2) is 23.3 Å². The van der Waals surface area contributed by atoms with E-state index in [2.05, 4.69) is 32.7 Å². The largest absolute Gasteiger partial charge is 0.353 e. The molecule has 0 radical (unpaired) electrons. The number of piperidine rings is 1. The van der Waals surface area contributed by atoms with Crippen LogP contribution in [0.5, 0.6) is 0 Å². The van der Waals surface area contributed by atoms with Gasteiger partial charge in [-0.15, -0.1) is 0 Å². The van der Waals surface area contributed by atoms with Crippen molar-refractivity contribution in [3.8, 4) is 29.0 Å². The number of carbonyl (C=O) groups excluding carboxylic acids is 1. The number of likely N-dealkylation sites (N-methyl/N-ethyl adjacent to an activating group) is 1. The number of hydrogen-bond donors (Lipinski definition) is 0. The van der Waals surface area contributed by atoms with Crippen LogP contribution in [0.3, 0.4) is 0 Å². The Bertz CT molecular complexity index is 2100. The van der Waals surface area contributed by atoms with E-state index < -0.39 is 5.82 Å². The number of rotatable bonds is 5. The van der Waals surface area contributed by atoms with Crippen molar-refractivity contribution in [2.24, 2.45) is 4.99 Å². The molecule has 3 aliphatic rings. The number of likely N-dealkylation sites (tertiary alicyclic amines) is 1. The molecular formula is C35H33Cl2FN8O. The van der Waals surface area contributed by atoms with E-state index in [1.807, 2.05) is 31.8 Å². The number of aromatic nitrogens is 3. The molecule has 2 saturated heterocycles.